The Balaban J connectivity index is 1.82. The monoisotopic (exact) mass is 302 g/mol. The number of nitrogens with zero attached hydrogens (tertiary/aromatic N) is 1. The molecule has 1 aromatic rings. The van der Waals surface area contributed by atoms with Crippen molar-refractivity contribution in [3.63, 3.8) is 0 Å². The summed E-state index contributed by atoms with van der Waals surface area (Å²) < 4.78 is 10.9. The summed E-state index contributed by atoms with van der Waals surface area (Å²) in [5, 5.41) is 0. The maximum absolute atomic E-state index is 12.6. The maximum Gasteiger partial charge on any atom is 0.297 e. The van der Waals surface area contributed by atoms with Crippen molar-refractivity contribution < 1.29 is 19.1 Å². The Kier molecular flexibility index (Phi) is 3.85. The number of amides is 2. The zero-order valence-corrected chi connectivity index (χ0v) is 12.4. The number of hydrogen-bond donors (Lipinski definition) is 1. The summed E-state index contributed by atoms with van der Waals surface area (Å²) in [6.07, 6.45) is 1.33. The van der Waals surface area contributed by atoms with E-state index in [4.69, 9.17) is 15.2 Å². The van der Waals surface area contributed by atoms with Gasteiger partial charge < -0.3 is 15.2 Å². The van der Waals surface area contributed by atoms with Crippen LogP contribution in [0.1, 0.15) is 19.8 Å². The molecule has 2 N–H and O–H groups in total. The van der Waals surface area contributed by atoms with Gasteiger partial charge in [-0.25, -0.2) is 0 Å². The SMILES string of the molecule is CC1=C(Oc2cccc(N)c2)C(=O)N(C2CCOCC2)C1=O. The number of carbonyl (C=O) groups is 2. The summed E-state index contributed by atoms with van der Waals surface area (Å²) in [6, 6.07) is 6.66. The van der Waals surface area contributed by atoms with E-state index in [9.17, 15) is 9.59 Å². The minimum atomic E-state index is -0.378. The van der Waals surface area contributed by atoms with Crippen molar-refractivity contribution >= 4 is 17.5 Å². The predicted octanol–water partition coefficient (Wildman–Crippen LogP) is 1.47. The molecule has 3 rings (SSSR count). The van der Waals surface area contributed by atoms with Crippen molar-refractivity contribution in [2.75, 3.05) is 18.9 Å². The fourth-order valence-corrected chi connectivity index (χ4v) is 2.73. The van der Waals surface area contributed by atoms with E-state index in [1.165, 1.54) is 4.90 Å². The lowest BCUT2D eigenvalue weighted by molar-refractivity contribution is -0.143. The number of nitrogen functional groups attached to an aromatic ring is 1. The molecule has 0 saturated carbocycles. The van der Waals surface area contributed by atoms with Crippen molar-refractivity contribution in [3.05, 3.63) is 35.6 Å². The quantitative estimate of drug-likeness (QED) is 0.675. The smallest absolute Gasteiger partial charge is 0.297 e. The summed E-state index contributed by atoms with van der Waals surface area (Å²) in [5.74, 6) is -0.126. The molecule has 0 spiro atoms. The van der Waals surface area contributed by atoms with Crippen molar-refractivity contribution in [2.24, 2.45) is 0 Å². The van der Waals surface area contributed by atoms with E-state index in [0.717, 1.165) is 0 Å². The second-order valence-electron chi connectivity index (χ2n) is 5.45. The number of imide groups is 1. The maximum atomic E-state index is 12.6. The summed E-state index contributed by atoms with van der Waals surface area (Å²) in [6.45, 7) is 2.74. The molecule has 1 saturated heterocycles. The highest BCUT2D eigenvalue weighted by molar-refractivity contribution is 6.18. The highest BCUT2D eigenvalue weighted by Gasteiger charge is 2.42. The van der Waals surface area contributed by atoms with Crippen LogP contribution in [0.5, 0.6) is 5.75 Å². The van der Waals surface area contributed by atoms with Gasteiger partial charge in [-0.2, -0.15) is 0 Å². The van der Waals surface area contributed by atoms with Crippen molar-refractivity contribution in [1.29, 1.82) is 0 Å². The highest BCUT2D eigenvalue weighted by Crippen LogP contribution is 2.29. The van der Waals surface area contributed by atoms with E-state index in [2.05, 4.69) is 0 Å². The lowest BCUT2D eigenvalue weighted by atomic mass is 10.1. The van der Waals surface area contributed by atoms with Crippen molar-refractivity contribution in [2.45, 2.75) is 25.8 Å². The Hall–Kier alpha value is -2.34. The van der Waals surface area contributed by atoms with Gasteiger partial charge in [0.1, 0.15) is 5.75 Å². The third-order valence-electron chi connectivity index (χ3n) is 3.93. The van der Waals surface area contributed by atoms with Crippen LogP contribution in [0, 0.1) is 0 Å². The Morgan fingerprint density at radius 2 is 1.95 bits per heavy atom. The van der Waals surface area contributed by atoms with E-state index >= 15 is 0 Å². The number of nitrogens with two attached hydrogens (primary N) is 1. The third-order valence-corrected chi connectivity index (χ3v) is 3.93. The van der Waals surface area contributed by atoms with Crippen molar-refractivity contribution in [1.82, 2.24) is 4.90 Å². The van der Waals surface area contributed by atoms with E-state index in [-0.39, 0.29) is 23.6 Å². The molecular formula is C16H18N2O4. The molecule has 6 nitrogen and oxygen atoms in total. The Morgan fingerprint density at radius 1 is 1.23 bits per heavy atom. The number of hydrogen-bond acceptors (Lipinski definition) is 5. The first-order valence-electron chi connectivity index (χ1n) is 7.28. The highest BCUT2D eigenvalue weighted by atomic mass is 16.5. The first-order chi connectivity index (χ1) is 10.6. The molecular weight excluding hydrogens is 284 g/mol. The van der Waals surface area contributed by atoms with Gasteiger partial charge in [0.15, 0.2) is 0 Å². The first-order valence-corrected chi connectivity index (χ1v) is 7.28. The summed E-state index contributed by atoms with van der Waals surface area (Å²) in [4.78, 5) is 26.3. The second kappa shape index (κ2) is 5.81. The molecule has 2 amide bonds. The molecule has 0 aromatic heterocycles. The van der Waals surface area contributed by atoms with Crippen LogP contribution in [-0.2, 0) is 14.3 Å². The van der Waals surface area contributed by atoms with Crippen LogP contribution in [0.25, 0.3) is 0 Å². The van der Waals surface area contributed by atoms with Gasteiger partial charge in [-0.15, -0.1) is 0 Å². The zero-order valence-electron chi connectivity index (χ0n) is 12.4. The number of carbonyl (C=O) groups excluding carboxylic acids is 2. The number of anilines is 1. The number of ether oxygens (including phenoxy) is 2. The van der Waals surface area contributed by atoms with Crippen LogP contribution in [0.3, 0.4) is 0 Å². The molecule has 6 heteroatoms. The van der Waals surface area contributed by atoms with Gasteiger partial charge >= 0.3 is 0 Å². The topological polar surface area (TPSA) is 81.9 Å². The molecule has 0 bridgehead atoms. The lowest BCUT2D eigenvalue weighted by Gasteiger charge is -2.29. The molecule has 2 aliphatic rings. The molecule has 116 valence electrons. The average molecular weight is 302 g/mol. The molecule has 1 fully saturated rings. The van der Waals surface area contributed by atoms with E-state index in [1.54, 1.807) is 31.2 Å². The Bertz CT molecular complexity index is 647. The van der Waals surface area contributed by atoms with Crippen LogP contribution < -0.4 is 10.5 Å². The van der Waals surface area contributed by atoms with Gasteiger partial charge in [0.05, 0.1) is 5.57 Å². The predicted molar refractivity (Wildman–Crippen MR) is 79.9 cm³/mol. The Labute approximate surface area is 128 Å². The van der Waals surface area contributed by atoms with Gasteiger partial charge in [-0.1, -0.05) is 6.07 Å². The average Bonchev–Trinajstić information content (AvgIpc) is 2.72. The van der Waals surface area contributed by atoms with Crippen LogP contribution in [0.2, 0.25) is 0 Å². The van der Waals surface area contributed by atoms with E-state index in [1.807, 2.05) is 0 Å². The molecule has 0 atom stereocenters. The number of rotatable bonds is 3. The molecule has 0 unspecified atom stereocenters. The molecule has 0 aliphatic carbocycles. The van der Waals surface area contributed by atoms with Gasteiger partial charge in [-0.05, 0) is 31.9 Å². The minimum Gasteiger partial charge on any atom is -0.451 e. The fourth-order valence-electron chi connectivity index (χ4n) is 2.73. The Morgan fingerprint density at radius 3 is 2.64 bits per heavy atom. The summed E-state index contributed by atoms with van der Waals surface area (Å²) in [7, 11) is 0. The van der Waals surface area contributed by atoms with Gasteiger partial charge in [0, 0.05) is 31.0 Å². The van der Waals surface area contributed by atoms with Crippen LogP contribution in [0.15, 0.2) is 35.6 Å². The third kappa shape index (κ3) is 2.57. The van der Waals surface area contributed by atoms with Crippen LogP contribution in [0.4, 0.5) is 5.69 Å². The largest absolute Gasteiger partial charge is 0.451 e. The lowest BCUT2D eigenvalue weighted by Crippen LogP contribution is -2.44. The summed E-state index contributed by atoms with van der Waals surface area (Å²) in [5.41, 5.74) is 6.57. The molecule has 0 radical (unpaired) electrons. The first kappa shape index (κ1) is 14.6. The van der Waals surface area contributed by atoms with Crippen LogP contribution in [-0.4, -0.2) is 36.0 Å². The van der Waals surface area contributed by atoms with Gasteiger partial charge in [0.25, 0.3) is 11.8 Å². The van der Waals surface area contributed by atoms with E-state index < -0.39 is 0 Å². The standard InChI is InChI=1S/C16H18N2O4/c1-10-14(22-13-4-2-3-11(17)9-13)16(20)18(15(10)19)12-5-7-21-8-6-12/h2-4,9,12H,5-8,17H2,1H3. The molecule has 22 heavy (non-hydrogen) atoms. The second-order valence-corrected chi connectivity index (χ2v) is 5.45. The van der Waals surface area contributed by atoms with Gasteiger partial charge in [-0.3, -0.25) is 14.5 Å². The summed E-state index contributed by atoms with van der Waals surface area (Å²) >= 11 is 0. The number of benzene rings is 1. The zero-order chi connectivity index (χ0) is 15.7. The molecule has 2 heterocycles. The van der Waals surface area contributed by atoms with Crippen LogP contribution >= 0.6 is 0 Å². The van der Waals surface area contributed by atoms with Crippen molar-refractivity contribution in [3.8, 4) is 5.75 Å². The molecule has 1 aromatic carbocycles. The molecule has 2 aliphatic heterocycles. The normalized spacial score (nSPS) is 20.0. The fraction of sp³-hybridized carbons (Fsp3) is 0.375. The van der Waals surface area contributed by atoms with Gasteiger partial charge in [0.2, 0.25) is 5.76 Å². The van der Waals surface area contributed by atoms with E-state index in [0.29, 0.717) is 43.1 Å². The minimum absolute atomic E-state index is 0.0853.